The van der Waals surface area contributed by atoms with Crippen LogP contribution in [-0.4, -0.2) is 38.7 Å². The van der Waals surface area contributed by atoms with E-state index in [0.29, 0.717) is 35.7 Å². The SMILES string of the molecule is CCCCN1C(=O)c2ccc(C(=O)Nc3ccc(OCc4nccn4C)cc3)cc2C1=O. The van der Waals surface area contributed by atoms with Gasteiger partial charge >= 0.3 is 0 Å². The zero-order chi connectivity index (χ0) is 22.7. The Morgan fingerprint density at radius 1 is 1.06 bits per heavy atom. The molecule has 0 saturated carbocycles. The molecular weight excluding hydrogens is 408 g/mol. The van der Waals surface area contributed by atoms with Crippen LogP contribution in [0.15, 0.2) is 54.9 Å². The second kappa shape index (κ2) is 9.05. The maximum absolute atomic E-state index is 12.7. The fourth-order valence-electron chi connectivity index (χ4n) is 3.47. The van der Waals surface area contributed by atoms with Gasteiger partial charge in [-0.3, -0.25) is 19.3 Å². The predicted molar refractivity (Wildman–Crippen MR) is 119 cm³/mol. The minimum Gasteiger partial charge on any atom is -0.486 e. The van der Waals surface area contributed by atoms with Crippen LogP contribution in [0.1, 0.15) is 56.7 Å². The highest BCUT2D eigenvalue weighted by Gasteiger charge is 2.35. The van der Waals surface area contributed by atoms with E-state index in [1.54, 1.807) is 42.6 Å². The highest BCUT2D eigenvalue weighted by molar-refractivity contribution is 6.22. The van der Waals surface area contributed by atoms with Crippen LogP contribution < -0.4 is 10.1 Å². The second-order valence-corrected chi connectivity index (χ2v) is 7.60. The Morgan fingerprint density at radius 2 is 1.81 bits per heavy atom. The van der Waals surface area contributed by atoms with Gasteiger partial charge < -0.3 is 14.6 Å². The lowest BCUT2D eigenvalue weighted by atomic mass is 10.1. The average Bonchev–Trinajstić information content (AvgIpc) is 3.32. The van der Waals surface area contributed by atoms with Gasteiger partial charge in [-0.15, -0.1) is 0 Å². The molecule has 1 aromatic heterocycles. The summed E-state index contributed by atoms with van der Waals surface area (Å²) in [5.74, 6) is 0.454. The van der Waals surface area contributed by atoms with Crippen LogP contribution in [0.25, 0.3) is 0 Å². The molecule has 3 amide bonds. The van der Waals surface area contributed by atoms with Crippen molar-refractivity contribution in [1.29, 1.82) is 0 Å². The highest BCUT2D eigenvalue weighted by Crippen LogP contribution is 2.25. The minimum atomic E-state index is -0.360. The van der Waals surface area contributed by atoms with Crippen molar-refractivity contribution >= 4 is 23.4 Å². The summed E-state index contributed by atoms with van der Waals surface area (Å²) in [4.78, 5) is 43.2. The quantitative estimate of drug-likeness (QED) is 0.549. The molecule has 8 nitrogen and oxygen atoms in total. The van der Waals surface area contributed by atoms with Crippen molar-refractivity contribution in [2.45, 2.75) is 26.4 Å². The number of fused-ring (bicyclic) bond motifs is 1. The number of hydrogen-bond donors (Lipinski definition) is 1. The van der Waals surface area contributed by atoms with E-state index in [1.807, 2.05) is 24.7 Å². The molecule has 3 aromatic rings. The Hall–Kier alpha value is -3.94. The molecule has 32 heavy (non-hydrogen) atoms. The number of ether oxygens (including phenoxy) is 1. The molecule has 0 unspecified atom stereocenters. The average molecular weight is 432 g/mol. The normalized spacial score (nSPS) is 12.8. The van der Waals surface area contributed by atoms with Gasteiger partial charge in [0.1, 0.15) is 18.2 Å². The van der Waals surface area contributed by atoms with Crippen LogP contribution in [0.2, 0.25) is 0 Å². The number of anilines is 1. The summed E-state index contributed by atoms with van der Waals surface area (Å²) >= 11 is 0. The molecule has 4 rings (SSSR count). The third kappa shape index (κ3) is 4.25. The van der Waals surface area contributed by atoms with Crippen LogP contribution in [-0.2, 0) is 13.7 Å². The van der Waals surface area contributed by atoms with Crippen molar-refractivity contribution in [3.8, 4) is 5.75 Å². The first kappa shape index (κ1) is 21.3. The summed E-state index contributed by atoms with van der Waals surface area (Å²) < 4.78 is 7.60. The first-order valence-electron chi connectivity index (χ1n) is 10.5. The number of carbonyl (C=O) groups excluding carboxylic acids is 3. The van der Waals surface area contributed by atoms with Gasteiger partial charge in [-0.1, -0.05) is 13.3 Å². The maximum atomic E-state index is 12.7. The zero-order valence-corrected chi connectivity index (χ0v) is 18.0. The topological polar surface area (TPSA) is 93.5 Å². The molecular formula is C24H24N4O4. The molecule has 1 aliphatic rings. The summed E-state index contributed by atoms with van der Waals surface area (Å²) in [5.41, 5.74) is 1.53. The van der Waals surface area contributed by atoms with E-state index < -0.39 is 0 Å². The third-order valence-electron chi connectivity index (χ3n) is 5.37. The largest absolute Gasteiger partial charge is 0.486 e. The van der Waals surface area contributed by atoms with Crippen LogP contribution >= 0.6 is 0 Å². The lowest BCUT2D eigenvalue weighted by molar-refractivity contribution is 0.0652. The number of amides is 3. The number of imidazole rings is 1. The number of imide groups is 1. The van der Waals surface area contributed by atoms with E-state index in [0.717, 1.165) is 18.7 Å². The van der Waals surface area contributed by atoms with Crippen molar-refractivity contribution < 1.29 is 19.1 Å². The molecule has 1 N–H and O–H groups in total. The fraction of sp³-hybridized carbons (Fsp3) is 0.250. The van der Waals surface area contributed by atoms with Crippen molar-refractivity contribution in [3.63, 3.8) is 0 Å². The smallest absolute Gasteiger partial charge is 0.261 e. The van der Waals surface area contributed by atoms with Gasteiger partial charge in [0.25, 0.3) is 17.7 Å². The van der Waals surface area contributed by atoms with Crippen LogP contribution in [0.5, 0.6) is 5.75 Å². The Bertz CT molecular complexity index is 1170. The van der Waals surface area contributed by atoms with Crippen LogP contribution in [0, 0.1) is 0 Å². The van der Waals surface area contributed by atoms with Gasteiger partial charge in [0.05, 0.1) is 11.1 Å². The summed E-state index contributed by atoms with van der Waals surface area (Å²) in [7, 11) is 1.90. The molecule has 164 valence electrons. The molecule has 2 aromatic carbocycles. The monoisotopic (exact) mass is 432 g/mol. The van der Waals surface area contributed by atoms with Crippen molar-refractivity contribution in [1.82, 2.24) is 14.5 Å². The first-order valence-corrected chi connectivity index (χ1v) is 10.5. The molecule has 0 saturated heterocycles. The number of unbranched alkanes of at least 4 members (excludes halogenated alkanes) is 1. The molecule has 0 fully saturated rings. The standard InChI is InChI=1S/C24H24N4O4/c1-3-4-12-28-23(30)19-10-5-16(14-20(19)24(28)31)22(29)26-17-6-8-18(9-7-17)32-15-21-25-11-13-27(21)2/h5-11,13-14H,3-4,12,15H2,1-2H3,(H,26,29). The van der Waals surface area contributed by atoms with E-state index in [2.05, 4.69) is 10.3 Å². The van der Waals surface area contributed by atoms with E-state index in [9.17, 15) is 14.4 Å². The maximum Gasteiger partial charge on any atom is 0.261 e. The van der Waals surface area contributed by atoms with Crippen molar-refractivity contribution in [2.24, 2.45) is 7.05 Å². The third-order valence-corrected chi connectivity index (χ3v) is 5.37. The van der Waals surface area contributed by atoms with E-state index in [1.165, 1.54) is 11.0 Å². The van der Waals surface area contributed by atoms with Crippen LogP contribution in [0.3, 0.4) is 0 Å². The van der Waals surface area contributed by atoms with E-state index in [4.69, 9.17) is 4.74 Å². The van der Waals surface area contributed by atoms with Gasteiger partial charge in [0.2, 0.25) is 0 Å². The molecule has 0 radical (unpaired) electrons. The number of nitrogens with zero attached hydrogens (tertiary/aromatic N) is 3. The number of nitrogens with one attached hydrogen (secondary N) is 1. The fourth-order valence-corrected chi connectivity index (χ4v) is 3.47. The number of carbonyl (C=O) groups is 3. The summed E-state index contributed by atoms with van der Waals surface area (Å²) in [6.45, 7) is 2.73. The molecule has 2 heterocycles. The van der Waals surface area contributed by atoms with Gasteiger partial charge in [-0.05, 0) is 48.9 Å². The lowest BCUT2D eigenvalue weighted by Gasteiger charge is -2.12. The van der Waals surface area contributed by atoms with Crippen LogP contribution in [0.4, 0.5) is 5.69 Å². The zero-order valence-electron chi connectivity index (χ0n) is 18.0. The molecule has 1 aliphatic heterocycles. The van der Waals surface area contributed by atoms with Gasteiger partial charge in [0, 0.05) is 37.2 Å². The van der Waals surface area contributed by atoms with Gasteiger partial charge in [-0.25, -0.2) is 4.98 Å². The molecule has 0 aliphatic carbocycles. The molecule has 0 bridgehead atoms. The Morgan fingerprint density at radius 3 is 2.50 bits per heavy atom. The Kier molecular flexibility index (Phi) is 6.02. The Balaban J connectivity index is 1.40. The minimum absolute atomic E-state index is 0.275. The van der Waals surface area contributed by atoms with E-state index >= 15 is 0 Å². The number of aryl methyl sites for hydroxylation is 1. The van der Waals surface area contributed by atoms with Crippen molar-refractivity contribution in [2.75, 3.05) is 11.9 Å². The summed E-state index contributed by atoms with van der Waals surface area (Å²) in [6.07, 6.45) is 5.19. The first-order chi connectivity index (χ1) is 15.5. The second-order valence-electron chi connectivity index (χ2n) is 7.60. The predicted octanol–water partition coefficient (Wildman–Crippen LogP) is 3.65. The molecule has 0 spiro atoms. The number of rotatable bonds is 8. The summed E-state index contributed by atoms with van der Waals surface area (Å²) in [5, 5.41) is 2.81. The van der Waals surface area contributed by atoms with Crippen molar-refractivity contribution in [3.05, 3.63) is 77.4 Å². The lowest BCUT2D eigenvalue weighted by Crippen LogP contribution is -2.30. The molecule has 0 atom stereocenters. The number of aromatic nitrogens is 2. The highest BCUT2D eigenvalue weighted by atomic mass is 16.5. The summed E-state index contributed by atoms with van der Waals surface area (Å²) in [6, 6.07) is 11.6. The number of hydrogen-bond acceptors (Lipinski definition) is 5. The van der Waals surface area contributed by atoms with Gasteiger partial charge in [-0.2, -0.15) is 0 Å². The Labute approximate surface area is 185 Å². The van der Waals surface area contributed by atoms with Gasteiger partial charge in [0.15, 0.2) is 0 Å². The van der Waals surface area contributed by atoms with E-state index in [-0.39, 0.29) is 23.3 Å². The molecule has 8 heteroatoms. The number of benzene rings is 2.